The number of hydrogen-bond donors (Lipinski definition) is 0. The first kappa shape index (κ1) is 16.0. The van der Waals surface area contributed by atoms with Crippen LogP contribution in [0.5, 0.6) is 11.5 Å². The van der Waals surface area contributed by atoms with Crippen LogP contribution in [-0.4, -0.2) is 64.9 Å². The largest absolute Gasteiger partial charge is 0.486 e. The smallest absolute Gasteiger partial charge is 0.257 e. The van der Waals surface area contributed by atoms with Gasteiger partial charge in [0, 0.05) is 46.0 Å². The number of rotatable bonds is 3. The summed E-state index contributed by atoms with van der Waals surface area (Å²) in [6.07, 6.45) is 3.40. The minimum atomic E-state index is 0.0621. The predicted octanol–water partition coefficient (Wildman–Crippen LogP) is 1.15. The van der Waals surface area contributed by atoms with Crippen LogP contribution in [-0.2, 0) is 13.6 Å². The first-order chi connectivity index (χ1) is 12.2. The highest BCUT2D eigenvalue weighted by Crippen LogP contribution is 2.31. The van der Waals surface area contributed by atoms with Crippen molar-refractivity contribution < 1.29 is 14.3 Å². The number of benzene rings is 1. The number of carbonyl (C=O) groups excluding carboxylic acids is 1. The molecular weight excluding hydrogens is 320 g/mol. The van der Waals surface area contributed by atoms with Gasteiger partial charge >= 0.3 is 0 Å². The van der Waals surface area contributed by atoms with E-state index >= 15 is 0 Å². The van der Waals surface area contributed by atoms with Crippen molar-refractivity contribution in [1.29, 1.82) is 0 Å². The van der Waals surface area contributed by atoms with Gasteiger partial charge in [-0.3, -0.25) is 14.4 Å². The summed E-state index contributed by atoms with van der Waals surface area (Å²) < 4.78 is 12.9. The molecule has 1 fully saturated rings. The standard InChI is InChI=1S/C18H22N4O3/c1-20-13-15(11-19-20)18(23)22-6-4-21(5-7-22)12-14-2-3-16-17(10-14)25-9-8-24-16/h2-3,10-11,13H,4-9,12H2,1H3. The molecule has 0 atom stereocenters. The number of amides is 1. The molecule has 4 rings (SSSR count). The molecule has 2 aliphatic heterocycles. The summed E-state index contributed by atoms with van der Waals surface area (Å²) in [4.78, 5) is 16.7. The van der Waals surface area contributed by atoms with E-state index in [1.165, 1.54) is 5.56 Å². The van der Waals surface area contributed by atoms with Crippen molar-refractivity contribution in [2.45, 2.75) is 6.54 Å². The van der Waals surface area contributed by atoms with E-state index in [0.29, 0.717) is 18.8 Å². The van der Waals surface area contributed by atoms with Crippen molar-refractivity contribution in [3.63, 3.8) is 0 Å². The fourth-order valence-corrected chi connectivity index (χ4v) is 3.27. The molecule has 0 bridgehead atoms. The number of aromatic nitrogens is 2. The summed E-state index contributed by atoms with van der Waals surface area (Å²) in [5.41, 5.74) is 1.86. The molecule has 0 unspecified atom stereocenters. The van der Waals surface area contributed by atoms with E-state index in [1.807, 2.05) is 18.0 Å². The normalized spacial score (nSPS) is 17.6. The number of aryl methyl sites for hydroxylation is 1. The van der Waals surface area contributed by atoms with Gasteiger partial charge in [-0.15, -0.1) is 0 Å². The Morgan fingerprint density at radius 3 is 2.60 bits per heavy atom. The Kier molecular flexibility index (Phi) is 4.31. The summed E-state index contributed by atoms with van der Waals surface area (Å²) >= 11 is 0. The lowest BCUT2D eigenvalue weighted by Gasteiger charge is -2.34. The molecule has 132 valence electrons. The molecule has 0 N–H and O–H groups in total. The Balaban J connectivity index is 1.34. The second kappa shape index (κ2) is 6.76. The number of nitrogens with zero attached hydrogens (tertiary/aromatic N) is 4. The lowest BCUT2D eigenvalue weighted by molar-refractivity contribution is 0.0628. The molecule has 0 spiro atoms. The van der Waals surface area contributed by atoms with E-state index < -0.39 is 0 Å². The Hall–Kier alpha value is -2.54. The molecule has 3 heterocycles. The molecule has 0 radical (unpaired) electrons. The van der Waals surface area contributed by atoms with E-state index in [4.69, 9.17) is 9.47 Å². The molecular formula is C18H22N4O3. The van der Waals surface area contributed by atoms with Crippen molar-refractivity contribution >= 4 is 5.91 Å². The van der Waals surface area contributed by atoms with Gasteiger partial charge in [-0.2, -0.15) is 5.10 Å². The highest BCUT2D eigenvalue weighted by Gasteiger charge is 2.23. The Labute approximate surface area is 146 Å². The summed E-state index contributed by atoms with van der Waals surface area (Å²) in [6, 6.07) is 6.12. The highest BCUT2D eigenvalue weighted by atomic mass is 16.6. The maximum atomic E-state index is 12.5. The quantitative estimate of drug-likeness (QED) is 0.837. The van der Waals surface area contributed by atoms with E-state index in [-0.39, 0.29) is 5.91 Å². The fourth-order valence-electron chi connectivity index (χ4n) is 3.27. The number of fused-ring (bicyclic) bond motifs is 1. The molecule has 1 amide bonds. The van der Waals surface area contributed by atoms with Gasteiger partial charge in [0.1, 0.15) is 13.2 Å². The van der Waals surface area contributed by atoms with Crippen LogP contribution in [0, 0.1) is 0 Å². The first-order valence-corrected chi connectivity index (χ1v) is 8.58. The third kappa shape index (κ3) is 3.46. The molecule has 7 nitrogen and oxygen atoms in total. The van der Waals surface area contributed by atoms with E-state index in [1.54, 1.807) is 17.1 Å². The first-order valence-electron chi connectivity index (χ1n) is 8.58. The van der Waals surface area contributed by atoms with Gasteiger partial charge in [-0.25, -0.2) is 0 Å². The molecule has 1 aromatic heterocycles. The summed E-state index contributed by atoms with van der Waals surface area (Å²) in [5.74, 6) is 1.71. The SMILES string of the molecule is Cn1cc(C(=O)N2CCN(Cc3ccc4c(c3)OCCO4)CC2)cn1. The summed E-state index contributed by atoms with van der Waals surface area (Å²) in [6.45, 7) is 5.26. The van der Waals surface area contributed by atoms with Crippen molar-refractivity contribution in [3.05, 3.63) is 41.7 Å². The average Bonchev–Trinajstić information content (AvgIpc) is 3.08. The second-order valence-corrected chi connectivity index (χ2v) is 6.45. The zero-order chi connectivity index (χ0) is 17.2. The lowest BCUT2D eigenvalue weighted by Crippen LogP contribution is -2.48. The minimum absolute atomic E-state index is 0.0621. The Morgan fingerprint density at radius 1 is 1.12 bits per heavy atom. The molecule has 0 aliphatic carbocycles. The topological polar surface area (TPSA) is 59.8 Å². The predicted molar refractivity (Wildman–Crippen MR) is 91.8 cm³/mol. The third-order valence-corrected chi connectivity index (χ3v) is 4.62. The average molecular weight is 342 g/mol. The van der Waals surface area contributed by atoms with Gasteiger partial charge in [0.05, 0.1) is 11.8 Å². The van der Waals surface area contributed by atoms with Gasteiger partial charge in [0.2, 0.25) is 0 Å². The van der Waals surface area contributed by atoms with Crippen LogP contribution in [0.2, 0.25) is 0 Å². The van der Waals surface area contributed by atoms with Gasteiger partial charge in [-0.1, -0.05) is 6.07 Å². The molecule has 1 aromatic carbocycles. The van der Waals surface area contributed by atoms with Crippen molar-refractivity contribution in [2.75, 3.05) is 39.4 Å². The van der Waals surface area contributed by atoms with Gasteiger partial charge in [-0.05, 0) is 17.7 Å². The Morgan fingerprint density at radius 2 is 1.88 bits per heavy atom. The monoisotopic (exact) mass is 342 g/mol. The number of hydrogen-bond acceptors (Lipinski definition) is 5. The van der Waals surface area contributed by atoms with Gasteiger partial charge in [0.15, 0.2) is 11.5 Å². The van der Waals surface area contributed by atoms with Crippen LogP contribution in [0.25, 0.3) is 0 Å². The van der Waals surface area contributed by atoms with Crippen molar-refractivity contribution in [1.82, 2.24) is 19.6 Å². The van der Waals surface area contributed by atoms with Crippen LogP contribution in [0.4, 0.5) is 0 Å². The van der Waals surface area contributed by atoms with Gasteiger partial charge < -0.3 is 14.4 Å². The van der Waals surface area contributed by atoms with Crippen LogP contribution in [0.3, 0.4) is 0 Å². The molecule has 0 saturated carbocycles. The minimum Gasteiger partial charge on any atom is -0.486 e. The van der Waals surface area contributed by atoms with Crippen LogP contribution < -0.4 is 9.47 Å². The van der Waals surface area contributed by atoms with Crippen LogP contribution in [0.1, 0.15) is 15.9 Å². The van der Waals surface area contributed by atoms with Crippen molar-refractivity contribution in [2.24, 2.45) is 7.05 Å². The lowest BCUT2D eigenvalue weighted by atomic mass is 10.1. The highest BCUT2D eigenvalue weighted by molar-refractivity contribution is 5.93. The van der Waals surface area contributed by atoms with E-state index in [0.717, 1.165) is 44.2 Å². The van der Waals surface area contributed by atoms with Crippen LogP contribution in [0.15, 0.2) is 30.6 Å². The van der Waals surface area contributed by atoms with Crippen molar-refractivity contribution in [3.8, 4) is 11.5 Å². The second-order valence-electron chi connectivity index (χ2n) is 6.45. The maximum Gasteiger partial charge on any atom is 0.257 e. The van der Waals surface area contributed by atoms with E-state index in [9.17, 15) is 4.79 Å². The molecule has 1 saturated heterocycles. The fraction of sp³-hybridized carbons (Fsp3) is 0.444. The zero-order valence-corrected chi connectivity index (χ0v) is 14.4. The molecule has 25 heavy (non-hydrogen) atoms. The van der Waals surface area contributed by atoms with Crippen LogP contribution >= 0.6 is 0 Å². The number of carbonyl (C=O) groups is 1. The summed E-state index contributed by atoms with van der Waals surface area (Å²) in [7, 11) is 1.82. The number of piperazine rings is 1. The number of ether oxygens (including phenoxy) is 2. The van der Waals surface area contributed by atoms with E-state index in [2.05, 4.69) is 22.1 Å². The molecule has 7 heteroatoms. The maximum absolute atomic E-state index is 12.5. The Bertz CT molecular complexity index is 765. The summed E-state index contributed by atoms with van der Waals surface area (Å²) in [5, 5.41) is 4.08. The third-order valence-electron chi connectivity index (χ3n) is 4.62. The zero-order valence-electron chi connectivity index (χ0n) is 14.4. The molecule has 2 aliphatic rings. The molecule has 2 aromatic rings. The van der Waals surface area contributed by atoms with Gasteiger partial charge in [0.25, 0.3) is 5.91 Å².